The van der Waals surface area contributed by atoms with E-state index >= 15 is 0 Å². The Balaban J connectivity index is 2.03. The van der Waals surface area contributed by atoms with Gasteiger partial charge in [0.1, 0.15) is 5.60 Å². The Hall–Kier alpha value is -1.89. The maximum absolute atomic E-state index is 12.1. The van der Waals surface area contributed by atoms with Gasteiger partial charge >= 0.3 is 6.09 Å². The normalized spacial score (nSPS) is 19.5. The molecular formula is C14H22N4O3. The molecule has 1 aliphatic heterocycles. The van der Waals surface area contributed by atoms with Gasteiger partial charge in [-0.05, 0) is 32.9 Å². The summed E-state index contributed by atoms with van der Waals surface area (Å²) in [6.07, 6.45) is 1.26. The quantitative estimate of drug-likeness (QED) is 0.873. The predicted molar refractivity (Wildman–Crippen MR) is 78.1 cm³/mol. The summed E-state index contributed by atoms with van der Waals surface area (Å²) < 4.78 is 5.37. The van der Waals surface area contributed by atoms with E-state index in [0.29, 0.717) is 25.5 Å². The lowest BCUT2D eigenvalue weighted by Gasteiger charge is -2.41. The molecule has 0 aromatic carbocycles. The fourth-order valence-corrected chi connectivity index (χ4v) is 2.25. The average molecular weight is 294 g/mol. The SMILES string of the molecule is CC(C)(C)OC(=O)N1CCN(c2cccnn2)[C@H](CO)C1. The number of hydrogen-bond donors (Lipinski definition) is 1. The van der Waals surface area contributed by atoms with Crippen LogP contribution in [-0.4, -0.2) is 64.2 Å². The summed E-state index contributed by atoms with van der Waals surface area (Å²) in [5.74, 6) is 0.709. The van der Waals surface area contributed by atoms with E-state index in [1.165, 1.54) is 0 Å². The Kier molecular flexibility index (Phi) is 4.62. The number of hydrogen-bond acceptors (Lipinski definition) is 6. The number of aromatic nitrogens is 2. The van der Waals surface area contributed by atoms with E-state index in [9.17, 15) is 9.90 Å². The average Bonchev–Trinajstić information content (AvgIpc) is 2.45. The van der Waals surface area contributed by atoms with Gasteiger partial charge in [-0.1, -0.05) is 0 Å². The lowest BCUT2D eigenvalue weighted by atomic mass is 10.1. The molecule has 1 fully saturated rings. The molecule has 1 N–H and O–H groups in total. The Morgan fingerprint density at radius 2 is 2.24 bits per heavy atom. The van der Waals surface area contributed by atoms with E-state index < -0.39 is 5.60 Å². The first-order chi connectivity index (χ1) is 9.90. The minimum atomic E-state index is -0.520. The zero-order chi connectivity index (χ0) is 15.5. The van der Waals surface area contributed by atoms with Crippen molar-refractivity contribution in [2.45, 2.75) is 32.4 Å². The molecule has 1 aromatic rings. The zero-order valence-corrected chi connectivity index (χ0v) is 12.7. The predicted octanol–water partition coefficient (Wildman–Crippen LogP) is 0.895. The van der Waals surface area contributed by atoms with Crippen LogP contribution < -0.4 is 4.90 Å². The minimum Gasteiger partial charge on any atom is -0.444 e. The van der Waals surface area contributed by atoms with Crippen molar-refractivity contribution in [3.8, 4) is 0 Å². The monoisotopic (exact) mass is 294 g/mol. The van der Waals surface area contributed by atoms with Crippen LogP contribution in [0.5, 0.6) is 0 Å². The van der Waals surface area contributed by atoms with Crippen molar-refractivity contribution >= 4 is 11.9 Å². The van der Waals surface area contributed by atoms with Crippen LogP contribution in [0.2, 0.25) is 0 Å². The van der Waals surface area contributed by atoms with Crippen LogP contribution in [0.15, 0.2) is 18.3 Å². The molecule has 2 heterocycles. The first kappa shape index (κ1) is 15.5. The second-order valence-electron chi connectivity index (χ2n) is 6.04. The molecule has 1 amide bonds. The highest BCUT2D eigenvalue weighted by molar-refractivity contribution is 5.68. The van der Waals surface area contributed by atoms with Gasteiger partial charge in [0, 0.05) is 25.8 Å². The summed E-state index contributed by atoms with van der Waals surface area (Å²) in [6, 6.07) is 3.44. The van der Waals surface area contributed by atoms with Crippen molar-refractivity contribution in [1.29, 1.82) is 0 Å². The molecule has 7 nitrogen and oxygen atoms in total. The Morgan fingerprint density at radius 1 is 1.48 bits per heavy atom. The molecule has 0 bridgehead atoms. The molecule has 7 heteroatoms. The smallest absolute Gasteiger partial charge is 0.410 e. The molecule has 0 unspecified atom stereocenters. The molecule has 1 aliphatic rings. The van der Waals surface area contributed by atoms with E-state index in [1.54, 1.807) is 17.2 Å². The first-order valence-corrected chi connectivity index (χ1v) is 7.04. The van der Waals surface area contributed by atoms with Gasteiger partial charge in [-0.25, -0.2) is 4.79 Å². The van der Waals surface area contributed by atoms with E-state index in [-0.39, 0.29) is 18.7 Å². The molecule has 2 rings (SSSR count). The Morgan fingerprint density at radius 3 is 2.81 bits per heavy atom. The highest BCUT2D eigenvalue weighted by Gasteiger charge is 2.32. The van der Waals surface area contributed by atoms with Crippen LogP contribution in [0, 0.1) is 0 Å². The summed E-state index contributed by atoms with van der Waals surface area (Å²) in [5.41, 5.74) is -0.520. The number of carbonyl (C=O) groups excluding carboxylic acids is 1. The third-order valence-corrected chi connectivity index (χ3v) is 3.20. The van der Waals surface area contributed by atoms with Crippen LogP contribution in [-0.2, 0) is 4.74 Å². The number of ether oxygens (including phenoxy) is 1. The number of aliphatic hydroxyl groups is 1. The topological polar surface area (TPSA) is 78.8 Å². The Bertz CT molecular complexity index is 475. The second kappa shape index (κ2) is 6.26. The van der Waals surface area contributed by atoms with Crippen molar-refractivity contribution in [2.24, 2.45) is 0 Å². The Labute approximate surface area is 124 Å². The molecule has 0 radical (unpaired) electrons. The van der Waals surface area contributed by atoms with Crippen molar-refractivity contribution in [3.63, 3.8) is 0 Å². The summed E-state index contributed by atoms with van der Waals surface area (Å²) in [5, 5.41) is 17.5. The second-order valence-corrected chi connectivity index (χ2v) is 6.04. The highest BCUT2D eigenvalue weighted by Crippen LogP contribution is 2.19. The van der Waals surface area contributed by atoms with Crippen LogP contribution in [0.1, 0.15) is 20.8 Å². The van der Waals surface area contributed by atoms with Gasteiger partial charge in [-0.2, -0.15) is 5.10 Å². The van der Waals surface area contributed by atoms with Gasteiger partial charge in [0.2, 0.25) is 0 Å². The third-order valence-electron chi connectivity index (χ3n) is 3.20. The maximum Gasteiger partial charge on any atom is 0.410 e. The first-order valence-electron chi connectivity index (χ1n) is 7.04. The van der Waals surface area contributed by atoms with Gasteiger partial charge in [-0.15, -0.1) is 5.10 Å². The van der Waals surface area contributed by atoms with Crippen LogP contribution >= 0.6 is 0 Å². The number of anilines is 1. The van der Waals surface area contributed by atoms with Crippen LogP contribution in [0.4, 0.5) is 10.6 Å². The van der Waals surface area contributed by atoms with Crippen LogP contribution in [0.25, 0.3) is 0 Å². The van der Waals surface area contributed by atoms with E-state index in [0.717, 1.165) is 0 Å². The minimum absolute atomic E-state index is 0.0597. The zero-order valence-electron chi connectivity index (χ0n) is 12.7. The lowest BCUT2D eigenvalue weighted by molar-refractivity contribution is 0.0197. The molecule has 21 heavy (non-hydrogen) atoms. The van der Waals surface area contributed by atoms with Gasteiger partial charge < -0.3 is 19.6 Å². The molecule has 1 saturated heterocycles. The van der Waals surface area contributed by atoms with Crippen molar-refractivity contribution < 1.29 is 14.6 Å². The fourth-order valence-electron chi connectivity index (χ4n) is 2.25. The van der Waals surface area contributed by atoms with Gasteiger partial charge in [-0.3, -0.25) is 0 Å². The third kappa shape index (κ3) is 4.04. The molecule has 0 saturated carbocycles. The standard InChI is InChI=1S/C14H22N4O3/c1-14(2,3)21-13(20)17-7-8-18(11(9-17)10-19)12-5-4-6-15-16-12/h4-6,11,19H,7-10H2,1-3H3/t11-/m0/s1. The van der Waals surface area contributed by atoms with Crippen LogP contribution in [0.3, 0.4) is 0 Å². The highest BCUT2D eigenvalue weighted by atomic mass is 16.6. The fraction of sp³-hybridized carbons (Fsp3) is 0.643. The van der Waals surface area contributed by atoms with E-state index in [2.05, 4.69) is 10.2 Å². The number of piperazine rings is 1. The lowest BCUT2D eigenvalue weighted by Crippen LogP contribution is -2.57. The molecule has 1 atom stereocenters. The van der Waals surface area contributed by atoms with Gasteiger partial charge in [0.05, 0.1) is 12.6 Å². The molecular weight excluding hydrogens is 272 g/mol. The molecule has 116 valence electrons. The summed E-state index contributed by atoms with van der Waals surface area (Å²) in [7, 11) is 0. The van der Waals surface area contributed by atoms with Gasteiger partial charge in [0.25, 0.3) is 0 Å². The number of carbonyl (C=O) groups is 1. The van der Waals surface area contributed by atoms with Gasteiger partial charge in [0.15, 0.2) is 5.82 Å². The summed E-state index contributed by atoms with van der Waals surface area (Å²) in [6.45, 7) is 6.97. The van der Waals surface area contributed by atoms with Crippen molar-refractivity contribution in [1.82, 2.24) is 15.1 Å². The summed E-state index contributed by atoms with van der Waals surface area (Å²) >= 11 is 0. The molecule has 0 aliphatic carbocycles. The number of rotatable bonds is 2. The largest absolute Gasteiger partial charge is 0.444 e. The maximum atomic E-state index is 12.1. The molecule has 1 aromatic heterocycles. The van der Waals surface area contributed by atoms with E-state index in [1.807, 2.05) is 31.7 Å². The number of nitrogens with zero attached hydrogens (tertiary/aromatic N) is 4. The number of amides is 1. The number of aliphatic hydroxyl groups excluding tert-OH is 1. The molecule has 0 spiro atoms. The van der Waals surface area contributed by atoms with E-state index in [4.69, 9.17) is 4.74 Å². The summed E-state index contributed by atoms with van der Waals surface area (Å²) in [4.78, 5) is 15.7. The van der Waals surface area contributed by atoms with Crippen molar-refractivity contribution in [2.75, 3.05) is 31.1 Å². The van der Waals surface area contributed by atoms with Crippen molar-refractivity contribution in [3.05, 3.63) is 18.3 Å².